The highest BCUT2D eigenvalue weighted by molar-refractivity contribution is 14.0. The Morgan fingerprint density at radius 3 is 2.64 bits per heavy atom. The minimum atomic E-state index is 0. The molecule has 0 unspecified atom stereocenters. The summed E-state index contributed by atoms with van der Waals surface area (Å²) in [4.78, 5) is 25.5. The third-order valence-corrected chi connectivity index (χ3v) is 5.63. The molecule has 1 fully saturated rings. The smallest absolute Gasteiger partial charge is 0.253 e. The molecular formula is C25H37IN6O. The predicted molar refractivity (Wildman–Crippen MR) is 145 cm³/mol. The molecular weight excluding hydrogens is 527 g/mol. The number of hydrogen-bond donors (Lipinski definition) is 2. The average Bonchev–Trinajstić information content (AvgIpc) is 2.81. The van der Waals surface area contributed by atoms with Crippen LogP contribution in [0.4, 0.5) is 0 Å². The largest absolute Gasteiger partial charge is 0.357 e. The Labute approximate surface area is 215 Å². The van der Waals surface area contributed by atoms with Crippen LogP contribution in [0.5, 0.6) is 0 Å². The number of hydrogen-bond acceptors (Lipinski definition) is 4. The Hall–Kier alpha value is -2.20. The molecule has 0 aliphatic carbocycles. The normalized spacial score (nSPS) is 14.9. The van der Waals surface area contributed by atoms with Gasteiger partial charge in [-0.05, 0) is 56.0 Å². The summed E-state index contributed by atoms with van der Waals surface area (Å²) in [6.45, 7) is 6.62. The lowest BCUT2D eigenvalue weighted by molar-refractivity contribution is 0.0827. The number of rotatable bonds is 8. The number of piperidine rings is 1. The van der Waals surface area contributed by atoms with Crippen molar-refractivity contribution < 1.29 is 4.79 Å². The van der Waals surface area contributed by atoms with Crippen LogP contribution in [0.2, 0.25) is 0 Å². The van der Waals surface area contributed by atoms with Crippen LogP contribution in [0, 0.1) is 0 Å². The first-order valence-electron chi connectivity index (χ1n) is 11.5. The standard InChI is InChI=1S/C25H36N6O.HI/c1-4-26-25(28-15-11-20-8-7-9-21(18-20)24(32)30(2)3)29-22-12-16-31(17-13-22)19-23-10-5-6-14-27-23;/h5-10,14,18,22H,4,11-13,15-17,19H2,1-3H3,(H2,26,28,29);1H. The second-order valence-electron chi connectivity index (χ2n) is 8.43. The summed E-state index contributed by atoms with van der Waals surface area (Å²) in [5, 5.41) is 6.97. The minimum Gasteiger partial charge on any atom is -0.357 e. The number of pyridine rings is 1. The Morgan fingerprint density at radius 1 is 1.18 bits per heavy atom. The number of guanidine groups is 1. The van der Waals surface area contributed by atoms with Gasteiger partial charge in [0.2, 0.25) is 0 Å². The molecule has 2 N–H and O–H groups in total. The third-order valence-electron chi connectivity index (χ3n) is 5.63. The van der Waals surface area contributed by atoms with E-state index >= 15 is 0 Å². The summed E-state index contributed by atoms with van der Waals surface area (Å²) in [6, 6.07) is 14.3. The van der Waals surface area contributed by atoms with Gasteiger partial charge in [-0.15, -0.1) is 24.0 Å². The molecule has 1 aromatic carbocycles. The van der Waals surface area contributed by atoms with E-state index in [0.717, 1.165) is 68.2 Å². The fourth-order valence-corrected chi connectivity index (χ4v) is 3.88. The highest BCUT2D eigenvalue weighted by Gasteiger charge is 2.20. The van der Waals surface area contributed by atoms with Crippen LogP contribution in [0.15, 0.2) is 53.7 Å². The van der Waals surface area contributed by atoms with Crippen molar-refractivity contribution in [2.45, 2.75) is 38.8 Å². The van der Waals surface area contributed by atoms with Gasteiger partial charge >= 0.3 is 0 Å². The van der Waals surface area contributed by atoms with Crippen molar-refractivity contribution in [1.82, 2.24) is 25.4 Å². The fourth-order valence-electron chi connectivity index (χ4n) is 3.88. The zero-order valence-electron chi connectivity index (χ0n) is 20.0. The molecule has 2 aromatic rings. The van der Waals surface area contributed by atoms with Crippen LogP contribution in [-0.2, 0) is 13.0 Å². The number of aromatic nitrogens is 1. The molecule has 0 bridgehead atoms. The van der Waals surface area contributed by atoms with E-state index in [9.17, 15) is 4.79 Å². The summed E-state index contributed by atoms with van der Waals surface area (Å²) < 4.78 is 0. The van der Waals surface area contributed by atoms with Crippen LogP contribution in [0.25, 0.3) is 0 Å². The van der Waals surface area contributed by atoms with Crippen molar-refractivity contribution in [1.29, 1.82) is 0 Å². The van der Waals surface area contributed by atoms with Gasteiger partial charge in [0.25, 0.3) is 5.91 Å². The van der Waals surface area contributed by atoms with E-state index in [2.05, 4.69) is 39.6 Å². The summed E-state index contributed by atoms with van der Waals surface area (Å²) in [6.07, 6.45) is 4.84. The summed E-state index contributed by atoms with van der Waals surface area (Å²) >= 11 is 0. The maximum absolute atomic E-state index is 12.2. The molecule has 8 heteroatoms. The number of carbonyl (C=O) groups is 1. The van der Waals surface area contributed by atoms with Crippen molar-refractivity contribution in [3.05, 3.63) is 65.5 Å². The van der Waals surface area contributed by atoms with Gasteiger partial charge in [-0.2, -0.15) is 0 Å². The second kappa shape index (κ2) is 14.1. The molecule has 1 amide bonds. The molecule has 33 heavy (non-hydrogen) atoms. The average molecular weight is 565 g/mol. The molecule has 180 valence electrons. The number of nitrogens with zero attached hydrogens (tertiary/aromatic N) is 4. The third kappa shape index (κ3) is 8.92. The molecule has 2 heterocycles. The molecule has 3 rings (SSSR count). The second-order valence-corrected chi connectivity index (χ2v) is 8.43. The molecule has 1 aliphatic rings. The van der Waals surface area contributed by atoms with Crippen molar-refractivity contribution in [3.63, 3.8) is 0 Å². The number of benzene rings is 1. The van der Waals surface area contributed by atoms with E-state index in [1.807, 2.05) is 36.5 Å². The molecule has 0 atom stereocenters. The van der Waals surface area contributed by atoms with Gasteiger partial charge in [-0.1, -0.05) is 18.2 Å². The SMILES string of the molecule is CCNC(=NCCc1cccc(C(=O)N(C)C)c1)NC1CCN(Cc2ccccn2)CC1.I. The van der Waals surface area contributed by atoms with Crippen molar-refractivity contribution in [2.24, 2.45) is 4.99 Å². The fraction of sp³-hybridized carbons (Fsp3) is 0.480. The van der Waals surface area contributed by atoms with Gasteiger partial charge in [0, 0.05) is 64.6 Å². The first-order chi connectivity index (χ1) is 15.5. The van der Waals surface area contributed by atoms with Gasteiger partial charge in [-0.3, -0.25) is 19.7 Å². The van der Waals surface area contributed by atoms with E-state index in [4.69, 9.17) is 4.99 Å². The van der Waals surface area contributed by atoms with Crippen LogP contribution < -0.4 is 10.6 Å². The minimum absolute atomic E-state index is 0. The summed E-state index contributed by atoms with van der Waals surface area (Å²) in [5.74, 6) is 0.899. The number of halogens is 1. The van der Waals surface area contributed by atoms with Crippen molar-refractivity contribution >= 4 is 35.8 Å². The zero-order chi connectivity index (χ0) is 22.8. The van der Waals surface area contributed by atoms with E-state index in [1.54, 1.807) is 19.0 Å². The zero-order valence-corrected chi connectivity index (χ0v) is 22.3. The lowest BCUT2D eigenvalue weighted by Gasteiger charge is -2.32. The summed E-state index contributed by atoms with van der Waals surface area (Å²) in [5.41, 5.74) is 2.98. The van der Waals surface area contributed by atoms with Crippen LogP contribution >= 0.6 is 24.0 Å². The van der Waals surface area contributed by atoms with Crippen LogP contribution in [0.3, 0.4) is 0 Å². The summed E-state index contributed by atoms with van der Waals surface area (Å²) in [7, 11) is 3.55. The van der Waals surface area contributed by atoms with Crippen molar-refractivity contribution in [3.8, 4) is 0 Å². The van der Waals surface area contributed by atoms with Gasteiger partial charge in [0.1, 0.15) is 0 Å². The Kier molecular flexibility index (Phi) is 11.6. The van der Waals surface area contributed by atoms with Gasteiger partial charge in [-0.25, -0.2) is 0 Å². The first-order valence-corrected chi connectivity index (χ1v) is 11.5. The van der Waals surface area contributed by atoms with Crippen molar-refractivity contribution in [2.75, 3.05) is 40.3 Å². The maximum Gasteiger partial charge on any atom is 0.253 e. The first kappa shape index (κ1) is 27.0. The molecule has 7 nitrogen and oxygen atoms in total. The van der Waals surface area contributed by atoms with Crippen LogP contribution in [-0.4, -0.2) is 73.0 Å². The number of nitrogens with one attached hydrogen (secondary N) is 2. The van der Waals surface area contributed by atoms with Gasteiger partial charge in [0.15, 0.2) is 5.96 Å². The number of amides is 1. The Morgan fingerprint density at radius 2 is 1.97 bits per heavy atom. The number of carbonyl (C=O) groups excluding carboxylic acids is 1. The Bertz CT molecular complexity index is 881. The topological polar surface area (TPSA) is 72.9 Å². The highest BCUT2D eigenvalue weighted by atomic mass is 127. The molecule has 1 aromatic heterocycles. The molecule has 0 saturated carbocycles. The number of aliphatic imine (C=N–C) groups is 1. The molecule has 1 aliphatic heterocycles. The lowest BCUT2D eigenvalue weighted by atomic mass is 10.0. The molecule has 0 spiro atoms. The number of likely N-dealkylation sites (tertiary alicyclic amines) is 1. The van der Waals surface area contributed by atoms with E-state index in [-0.39, 0.29) is 29.9 Å². The maximum atomic E-state index is 12.2. The van der Waals surface area contributed by atoms with E-state index in [1.165, 1.54) is 0 Å². The predicted octanol–water partition coefficient (Wildman–Crippen LogP) is 3.16. The quantitative estimate of drug-likeness (QED) is 0.293. The van der Waals surface area contributed by atoms with Gasteiger partial charge in [0.05, 0.1) is 5.69 Å². The molecule has 0 radical (unpaired) electrons. The monoisotopic (exact) mass is 564 g/mol. The highest BCUT2D eigenvalue weighted by Crippen LogP contribution is 2.13. The van der Waals surface area contributed by atoms with Crippen LogP contribution in [0.1, 0.15) is 41.4 Å². The van der Waals surface area contributed by atoms with E-state index in [0.29, 0.717) is 12.6 Å². The lowest BCUT2D eigenvalue weighted by Crippen LogP contribution is -2.48. The van der Waals surface area contributed by atoms with Gasteiger partial charge < -0.3 is 15.5 Å². The molecule has 1 saturated heterocycles. The van der Waals surface area contributed by atoms with E-state index < -0.39 is 0 Å². The Balaban J connectivity index is 0.00000385.